The molecule has 1 aliphatic carbocycles. The van der Waals surface area contributed by atoms with Gasteiger partial charge in [-0.15, -0.1) is 0 Å². The summed E-state index contributed by atoms with van der Waals surface area (Å²) in [6.07, 6.45) is 7.43. The molecule has 1 saturated heterocycles. The molecule has 0 bridgehead atoms. The molecule has 1 aromatic heterocycles. The van der Waals surface area contributed by atoms with Crippen molar-refractivity contribution >= 4 is 10.0 Å². The highest BCUT2D eigenvalue weighted by atomic mass is 32.2. The Hall–Kier alpha value is -1.77. The van der Waals surface area contributed by atoms with Crippen molar-refractivity contribution < 1.29 is 17.7 Å². The van der Waals surface area contributed by atoms with Crippen LogP contribution in [0.4, 0.5) is 0 Å². The lowest BCUT2D eigenvalue weighted by Crippen LogP contribution is -2.39. The molecule has 2 heterocycles. The monoisotopic (exact) mass is 419 g/mol. The first-order valence-electron chi connectivity index (χ1n) is 10.6. The van der Waals surface area contributed by atoms with Gasteiger partial charge in [0.1, 0.15) is 0 Å². The molecule has 0 N–H and O–H groups in total. The number of benzene rings is 1. The van der Waals surface area contributed by atoms with Crippen LogP contribution in [0.5, 0.6) is 0 Å². The molecule has 4 rings (SSSR count). The normalized spacial score (nSPS) is 21.6. The Morgan fingerprint density at radius 2 is 1.90 bits per heavy atom. The van der Waals surface area contributed by atoms with E-state index in [1.54, 1.807) is 24.3 Å². The van der Waals surface area contributed by atoms with Gasteiger partial charge in [0.25, 0.3) is 0 Å². The number of hydrogen-bond donors (Lipinski definition) is 0. The summed E-state index contributed by atoms with van der Waals surface area (Å²) >= 11 is 0. The van der Waals surface area contributed by atoms with Gasteiger partial charge in [-0.3, -0.25) is 0 Å². The molecular formula is C21H29N3O4S. The van der Waals surface area contributed by atoms with Crippen LogP contribution in [0.3, 0.4) is 0 Å². The summed E-state index contributed by atoms with van der Waals surface area (Å²) in [4.78, 5) is 4.84. The van der Waals surface area contributed by atoms with Crippen molar-refractivity contribution in [3.63, 3.8) is 0 Å². The molecule has 1 atom stereocenters. The van der Waals surface area contributed by atoms with E-state index in [0.29, 0.717) is 48.6 Å². The molecule has 2 aromatic rings. The molecule has 8 heteroatoms. The third kappa shape index (κ3) is 5.05. The molecule has 0 spiro atoms. The van der Waals surface area contributed by atoms with Gasteiger partial charge in [-0.1, -0.05) is 36.2 Å². The number of ether oxygens (including phenoxy) is 1. The highest BCUT2D eigenvalue weighted by Gasteiger charge is 2.33. The minimum absolute atomic E-state index is 0.0668. The van der Waals surface area contributed by atoms with Gasteiger partial charge in [-0.2, -0.15) is 9.29 Å². The van der Waals surface area contributed by atoms with E-state index < -0.39 is 10.0 Å². The number of hydrogen-bond acceptors (Lipinski definition) is 6. The second-order valence-corrected chi connectivity index (χ2v) is 9.98. The third-order valence-electron chi connectivity index (χ3n) is 5.90. The van der Waals surface area contributed by atoms with E-state index in [-0.39, 0.29) is 5.92 Å². The minimum Gasteiger partial charge on any atom is -0.381 e. The Labute approximate surface area is 172 Å². The van der Waals surface area contributed by atoms with E-state index in [2.05, 4.69) is 10.1 Å². The van der Waals surface area contributed by atoms with Gasteiger partial charge in [0.15, 0.2) is 5.82 Å². The summed E-state index contributed by atoms with van der Waals surface area (Å²) in [6, 6.07) is 8.57. The zero-order valence-corrected chi connectivity index (χ0v) is 17.5. The molecule has 0 radical (unpaired) electrons. The molecular weight excluding hydrogens is 390 g/mol. The first-order chi connectivity index (χ1) is 14.1. The van der Waals surface area contributed by atoms with Crippen molar-refractivity contribution in [1.82, 2.24) is 14.4 Å². The van der Waals surface area contributed by atoms with Crippen LogP contribution in [0, 0.1) is 5.92 Å². The molecule has 2 fully saturated rings. The molecule has 29 heavy (non-hydrogen) atoms. The zero-order valence-electron chi connectivity index (χ0n) is 16.7. The quantitative estimate of drug-likeness (QED) is 0.610. The Kier molecular flexibility index (Phi) is 6.62. The molecule has 7 nitrogen and oxygen atoms in total. The first kappa shape index (κ1) is 20.5. The lowest BCUT2D eigenvalue weighted by Gasteiger charge is -2.30. The number of aromatic nitrogens is 2. The predicted octanol–water partition coefficient (Wildman–Crippen LogP) is 3.39. The molecule has 0 amide bonds. The van der Waals surface area contributed by atoms with Crippen molar-refractivity contribution in [2.75, 3.05) is 26.3 Å². The molecule has 1 aromatic carbocycles. The maximum atomic E-state index is 12.9. The molecule has 1 saturated carbocycles. The van der Waals surface area contributed by atoms with Crippen LogP contribution in [0.25, 0.3) is 0 Å². The van der Waals surface area contributed by atoms with E-state index in [0.717, 1.165) is 19.4 Å². The standard InChI is InChI=1S/C21H29N3O4S/c25-29(26,19-10-2-1-3-11-19)24-13-6-9-18(15-24)21-22-20(23-28-21)12-14-27-16-17-7-4-5-8-17/h1-3,10-11,17-18H,4-9,12-16H2. The van der Waals surface area contributed by atoms with Gasteiger partial charge in [0.2, 0.25) is 15.9 Å². The lowest BCUT2D eigenvalue weighted by atomic mass is 10.00. The van der Waals surface area contributed by atoms with Crippen LogP contribution < -0.4 is 0 Å². The van der Waals surface area contributed by atoms with Crippen LogP contribution in [-0.2, 0) is 21.2 Å². The molecule has 1 aliphatic heterocycles. The zero-order chi connectivity index (χ0) is 20.1. The highest BCUT2D eigenvalue weighted by molar-refractivity contribution is 7.89. The van der Waals surface area contributed by atoms with Gasteiger partial charge in [-0.25, -0.2) is 8.42 Å². The number of nitrogens with zero attached hydrogens (tertiary/aromatic N) is 3. The Morgan fingerprint density at radius 1 is 1.10 bits per heavy atom. The second-order valence-electron chi connectivity index (χ2n) is 8.04. The van der Waals surface area contributed by atoms with E-state index >= 15 is 0 Å². The molecule has 1 unspecified atom stereocenters. The van der Waals surface area contributed by atoms with Crippen molar-refractivity contribution in [3.8, 4) is 0 Å². The van der Waals surface area contributed by atoms with E-state index in [1.807, 2.05) is 6.07 Å². The van der Waals surface area contributed by atoms with Crippen molar-refractivity contribution in [1.29, 1.82) is 0 Å². The maximum Gasteiger partial charge on any atom is 0.243 e. The van der Waals surface area contributed by atoms with Gasteiger partial charge in [-0.05, 0) is 43.7 Å². The Bertz CT molecular complexity index is 878. The fraction of sp³-hybridized carbons (Fsp3) is 0.619. The van der Waals surface area contributed by atoms with Crippen LogP contribution in [0.2, 0.25) is 0 Å². The van der Waals surface area contributed by atoms with E-state index in [9.17, 15) is 8.42 Å². The highest BCUT2D eigenvalue weighted by Crippen LogP contribution is 2.29. The summed E-state index contributed by atoms with van der Waals surface area (Å²) in [7, 11) is -3.50. The van der Waals surface area contributed by atoms with Crippen LogP contribution >= 0.6 is 0 Å². The fourth-order valence-corrected chi connectivity index (χ4v) is 5.77. The summed E-state index contributed by atoms with van der Waals surface area (Å²) in [5.74, 6) is 1.80. The minimum atomic E-state index is -3.50. The summed E-state index contributed by atoms with van der Waals surface area (Å²) in [5.41, 5.74) is 0. The van der Waals surface area contributed by atoms with Crippen LogP contribution in [0.15, 0.2) is 39.8 Å². The predicted molar refractivity (Wildman–Crippen MR) is 108 cm³/mol. The Balaban J connectivity index is 1.32. The van der Waals surface area contributed by atoms with E-state index in [4.69, 9.17) is 9.26 Å². The number of piperidine rings is 1. The molecule has 158 valence electrons. The summed E-state index contributed by atoms with van der Waals surface area (Å²) in [6.45, 7) is 2.30. The third-order valence-corrected chi connectivity index (χ3v) is 7.78. The summed E-state index contributed by atoms with van der Waals surface area (Å²) in [5, 5.41) is 4.07. The van der Waals surface area contributed by atoms with Gasteiger partial charge in [0, 0.05) is 26.1 Å². The van der Waals surface area contributed by atoms with Crippen LogP contribution in [0.1, 0.15) is 56.2 Å². The topological polar surface area (TPSA) is 85.5 Å². The Morgan fingerprint density at radius 3 is 2.69 bits per heavy atom. The average molecular weight is 420 g/mol. The van der Waals surface area contributed by atoms with Crippen molar-refractivity contribution in [3.05, 3.63) is 42.0 Å². The largest absolute Gasteiger partial charge is 0.381 e. The fourth-order valence-electron chi connectivity index (χ4n) is 4.23. The van der Waals surface area contributed by atoms with Gasteiger partial charge < -0.3 is 9.26 Å². The summed E-state index contributed by atoms with van der Waals surface area (Å²) < 4.78 is 38.6. The van der Waals surface area contributed by atoms with Gasteiger partial charge >= 0.3 is 0 Å². The number of rotatable bonds is 8. The van der Waals surface area contributed by atoms with Crippen molar-refractivity contribution in [2.24, 2.45) is 5.92 Å². The SMILES string of the molecule is O=S(=O)(c1ccccc1)N1CCCC(c2nc(CCOCC3CCCC3)no2)C1. The smallest absolute Gasteiger partial charge is 0.243 e. The van der Waals surface area contributed by atoms with Crippen LogP contribution in [-0.4, -0.2) is 49.2 Å². The lowest BCUT2D eigenvalue weighted by molar-refractivity contribution is 0.102. The average Bonchev–Trinajstić information content (AvgIpc) is 3.44. The van der Waals surface area contributed by atoms with Gasteiger partial charge in [0.05, 0.1) is 17.4 Å². The second kappa shape index (κ2) is 9.36. The maximum absolute atomic E-state index is 12.9. The molecule has 2 aliphatic rings. The number of sulfonamides is 1. The van der Waals surface area contributed by atoms with Crippen molar-refractivity contribution in [2.45, 2.75) is 55.8 Å². The van der Waals surface area contributed by atoms with E-state index in [1.165, 1.54) is 30.0 Å². The first-order valence-corrected chi connectivity index (χ1v) is 12.0.